The zero-order chi connectivity index (χ0) is 15.8. The molecule has 0 aliphatic heterocycles. The van der Waals surface area contributed by atoms with Crippen LogP contribution in [0.3, 0.4) is 0 Å². The molecular weight excluding hydrogens is 262 g/mol. The standard InChI is InChI=1S/C17H29N3O/c1-5-20(12-16-11-7-10-15(4)19-16)17(21)13(2)8-6-9-14(3)18/h7,10-11,13-14H,5-6,8-9,12,18H2,1-4H3. The summed E-state index contributed by atoms with van der Waals surface area (Å²) in [5.41, 5.74) is 7.69. The number of hydrogen-bond acceptors (Lipinski definition) is 3. The third kappa shape index (κ3) is 6.25. The fourth-order valence-corrected chi connectivity index (χ4v) is 2.41. The highest BCUT2D eigenvalue weighted by molar-refractivity contribution is 5.78. The minimum absolute atomic E-state index is 0.0495. The molecule has 0 aliphatic carbocycles. The third-order valence-corrected chi connectivity index (χ3v) is 3.71. The Morgan fingerprint density at radius 3 is 2.62 bits per heavy atom. The molecule has 0 spiro atoms. The number of rotatable bonds is 8. The zero-order valence-corrected chi connectivity index (χ0v) is 13.8. The van der Waals surface area contributed by atoms with E-state index in [1.807, 2.05) is 50.8 Å². The summed E-state index contributed by atoms with van der Waals surface area (Å²) < 4.78 is 0. The number of aromatic nitrogens is 1. The van der Waals surface area contributed by atoms with Crippen molar-refractivity contribution in [1.82, 2.24) is 9.88 Å². The van der Waals surface area contributed by atoms with Gasteiger partial charge in [0.05, 0.1) is 12.2 Å². The van der Waals surface area contributed by atoms with Crippen molar-refractivity contribution in [3.05, 3.63) is 29.6 Å². The van der Waals surface area contributed by atoms with Crippen molar-refractivity contribution in [2.75, 3.05) is 6.54 Å². The summed E-state index contributed by atoms with van der Waals surface area (Å²) in [6.07, 6.45) is 2.88. The van der Waals surface area contributed by atoms with E-state index in [0.29, 0.717) is 13.1 Å². The topological polar surface area (TPSA) is 59.2 Å². The maximum absolute atomic E-state index is 12.5. The van der Waals surface area contributed by atoms with Gasteiger partial charge in [-0.3, -0.25) is 9.78 Å². The van der Waals surface area contributed by atoms with Crippen molar-refractivity contribution in [1.29, 1.82) is 0 Å². The van der Waals surface area contributed by atoms with E-state index in [1.165, 1.54) is 0 Å². The summed E-state index contributed by atoms with van der Waals surface area (Å²) in [5, 5.41) is 0. The van der Waals surface area contributed by atoms with E-state index in [4.69, 9.17) is 5.73 Å². The van der Waals surface area contributed by atoms with Gasteiger partial charge < -0.3 is 10.6 Å². The summed E-state index contributed by atoms with van der Waals surface area (Å²) in [7, 11) is 0. The van der Waals surface area contributed by atoms with Crippen LogP contribution in [0.2, 0.25) is 0 Å². The number of pyridine rings is 1. The van der Waals surface area contributed by atoms with E-state index in [-0.39, 0.29) is 17.9 Å². The molecule has 2 atom stereocenters. The van der Waals surface area contributed by atoms with Gasteiger partial charge in [0, 0.05) is 24.2 Å². The molecule has 118 valence electrons. The van der Waals surface area contributed by atoms with Crippen molar-refractivity contribution in [3.8, 4) is 0 Å². The highest BCUT2D eigenvalue weighted by Crippen LogP contribution is 2.14. The maximum atomic E-state index is 12.5. The number of carbonyl (C=O) groups excluding carboxylic acids is 1. The SMILES string of the molecule is CCN(Cc1cccc(C)n1)C(=O)C(C)CCCC(C)N. The second-order valence-electron chi connectivity index (χ2n) is 5.93. The molecule has 0 aromatic carbocycles. The highest BCUT2D eigenvalue weighted by atomic mass is 16.2. The number of nitrogens with zero attached hydrogens (tertiary/aromatic N) is 2. The van der Waals surface area contributed by atoms with Gasteiger partial charge in [-0.05, 0) is 45.7 Å². The summed E-state index contributed by atoms with van der Waals surface area (Å²) in [6.45, 7) is 9.31. The fraction of sp³-hybridized carbons (Fsp3) is 0.647. The summed E-state index contributed by atoms with van der Waals surface area (Å²) in [6, 6.07) is 6.15. The Morgan fingerprint density at radius 1 is 1.33 bits per heavy atom. The van der Waals surface area contributed by atoms with E-state index >= 15 is 0 Å². The first-order chi connectivity index (χ1) is 9.93. The van der Waals surface area contributed by atoms with E-state index in [0.717, 1.165) is 30.7 Å². The molecule has 0 bridgehead atoms. The van der Waals surface area contributed by atoms with Crippen LogP contribution in [0.1, 0.15) is 51.4 Å². The average molecular weight is 291 g/mol. The maximum Gasteiger partial charge on any atom is 0.225 e. The lowest BCUT2D eigenvalue weighted by atomic mass is 10.0. The van der Waals surface area contributed by atoms with Gasteiger partial charge in [-0.1, -0.05) is 19.4 Å². The molecule has 0 saturated heterocycles. The Labute approximate surface area is 128 Å². The molecule has 2 N–H and O–H groups in total. The second-order valence-corrected chi connectivity index (χ2v) is 5.93. The Kier molecular flexibility index (Phi) is 7.37. The molecule has 0 saturated carbocycles. The molecule has 0 radical (unpaired) electrons. The number of amides is 1. The van der Waals surface area contributed by atoms with Crippen LogP contribution >= 0.6 is 0 Å². The number of nitrogens with two attached hydrogens (primary N) is 1. The van der Waals surface area contributed by atoms with Crippen molar-refractivity contribution in [2.45, 2.75) is 59.5 Å². The quantitative estimate of drug-likeness (QED) is 0.801. The van der Waals surface area contributed by atoms with Crippen molar-refractivity contribution in [2.24, 2.45) is 11.7 Å². The van der Waals surface area contributed by atoms with Crippen molar-refractivity contribution in [3.63, 3.8) is 0 Å². The first kappa shape index (κ1) is 17.6. The molecule has 0 aliphatic rings. The Hall–Kier alpha value is -1.42. The van der Waals surface area contributed by atoms with Gasteiger partial charge >= 0.3 is 0 Å². The van der Waals surface area contributed by atoms with Gasteiger partial charge in [0.1, 0.15) is 0 Å². The average Bonchev–Trinajstić information content (AvgIpc) is 2.43. The molecule has 1 heterocycles. The molecule has 1 rings (SSSR count). The van der Waals surface area contributed by atoms with Crippen LogP contribution in [-0.4, -0.2) is 28.4 Å². The van der Waals surface area contributed by atoms with E-state index in [1.54, 1.807) is 0 Å². The lowest BCUT2D eigenvalue weighted by Gasteiger charge is -2.24. The van der Waals surface area contributed by atoms with E-state index in [9.17, 15) is 4.79 Å². The van der Waals surface area contributed by atoms with Crippen LogP contribution in [0.25, 0.3) is 0 Å². The van der Waals surface area contributed by atoms with Crippen LogP contribution in [0.5, 0.6) is 0 Å². The van der Waals surface area contributed by atoms with Crippen molar-refractivity contribution >= 4 is 5.91 Å². The summed E-state index contributed by atoms with van der Waals surface area (Å²) >= 11 is 0. The first-order valence-corrected chi connectivity index (χ1v) is 7.91. The van der Waals surface area contributed by atoms with Gasteiger partial charge in [0.2, 0.25) is 5.91 Å². The highest BCUT2D eigenvalue weighted by Gasteiger charge is 2.19. The smallest absolute Gasteiger partial charge is 0.225 e. The normalized spacial score (nSPS) is 13.8. The molecule has 0 fully saturated rings. The number of aryl methyl sites for hydroxylation is 1. The van der Waals surface area contributed by atoms with Crippen LogP contribution < -0.4 is 5.73 Å². The van der Waals surface area contributed by atoms with Gasteiger partial charge in [-0.2, -0.15) is 0 Å². The van der Waals surface area contributed by atoms with Crippen LogP contribution in [0.4, 0.5) is 0 Å². The first-order valence-electron chi connectivity index (χ1n) is 7.91. The number of hydrogen-bond donors (Lipinski definition) is 1. The predicted molar refractivity (Wildman–Crippen MR) is 86.7 cm³/mol. The Balaban J connectivity index is 2.56. The molecular formula is C17H29N3O. The number of carbonyl (C=O) groups is 1. The molecule has 1 aromatic rings. The molecule has 4 heteroatoms. The lowest BCUT2D eigenvalue weighted by Crippen LogP contribution is -2.35. The molecule has 2 unspecified atom stereocenters. The van der Waals surface area contributed by atoms with Gasteiger partial charge in [-0.25, -0.2) is 0 Å². The monoisotopic (exact) mass is 291 g/mol. The second kappa shape index (κ2) is 8.78. The van der Waals surface area contributed by atoms with E-state index in [2.05, 4.69) is 4.98 Å². The van der Waals surface area contributed by atoms with E-state index < -0.39 is 0 Å². The fourth-order valence-electron chi connectivity index (χ4n) is 2.41. The molecule has 21 heavy (non-hydrogen) atoms. The predicted octanol–water partition coefficient (Wildman–Crippen LogP) is 2.89. The minimum Gasteiger partial charge on any atom is -0.337 e. The molecule has 4 nitrogen and oxygen atoms in total. The zero-order valence-electron chi connectivity index (χ0n) is 13.8. The van der Waals surface area contributed by atoms with Gasteiger partial charge in [0.25, 0.3) is 0 Å². The summed E-state index contributed by atoms with van der Waals surface area (Å²) in [4.78, 5) is 18.9. The Morgan fingerprint density at radius 2 is 2.05 bits per heavy atom. The van der Waals surface area contributed by atoms with Gasteiger partial charge in [0.15, 0.2) is 0 Å². The molecule has 1 aromatic heterocycles. The molecule has 1 amide bonds. The summed E-state index contributed by atoms with van der Waals surface area (Å²) in [5.74, 6) is 0.263. The van der Waals surface area contributed by atoms with Crippen LogP contribution in [0, 0.1) is 12.8 Å². The minimum atomic E-state index is 0.0495. The lowest BCUT2D eigenvalue weighted by molar-refractivity contribution is -0.135. The largest absolute Gasteiger partial charge is 0.337 e. The van der Waals surface area contributed by atoms with Crippen LogP contribution in [0.15, 0.2) is 18.2 Å². The Bertz CT molecular complexity index is 445. The third-order valence-electron chi connectivity index (χ3n) is 3.71. The van der Waals surface area contributed by atoms with Crippen molar-refractivity contribution < 1.29 is 4.79 Å². The van der Waals surface area contributed by atoms with Crippen LogP contribution in [-0.2, 0) is 11.3 Å². The van der Waals surface area contributed by atoms with Gasteiger partial charge in [-0.15, -0.1) is 0 Å².